The first kappa shape index (κ1) is 20.8. The highest BCUT2D eigenvalue weighted by atomic mass is 19.4. The molecule has 170 valence electrons. The first-order valence-electron chi connectivity index (χ1n) is 10.4. The van der Waals surface area contributed by atoms with Crippen molar-refractivity contribution in [2.24, 2.45) is 18.9 Å². The second-order valence-electron chi connectivity index (χ2n) is 8.51. The Morgan fingerprint density at radius 2 is 2.12 bits per heavy atom. The fraction of sp³-hybridized carbons (Fsp3) is 0.476. The third-order valence-electron chi connectivity index (χ3n) is 6.31. The number of ether oxygens (including phenoxy) is 1. The van der Waals surface area contributed by atoms with Crippen LogP contribution in [0, 0.1) is 11.8 Å². The van der Waals surface area contributed by atoms with Gasteiger partial charge >= 0.3 is 6.18 Å². The molecule has 0 aromatic carbocycles. The summed E-state index contributed by atoms with van der Waals surface area (Å²) >= 11 is 0. The van der Waals surface area contributed by atoms with Crippen LogP contribution in [-0.2, 0) is 11.8 Å². The van der Waals surface area contributed by atoms with Crippen molar-refractivity contribution in [1.82, 2.24) is 24.3 Å². The maximum absolute atomic E-state index is 12.7. The van der Waals surface area contributed by atoms with Gasteiger partial charge in [-0.15, -0.1) is 0 Å². The molecule has 1 saturated carbocycles. The largest absolute Gasteiger partial charge is 0.488 e. The van der Waals surface area contributed by atoms with Crippen molar-refractivity contribution in [2.45, 2.75) is 25.1 Å². The molecule has 4 heterocycles. The maximum atomic E-state index is 12.7. The monoisotopic (exact) mass is 448 g/mol. The van der Waals surface area contributed by atoms with Crippen LogP contribution in [0.4, 0.5) is 19.0 Å². The van der Waals surface area contributed by atoms with Crippen LogP contribution in [0.3, 0.4) is 0 Å². The van der Waals surface area contributed by atoms with E-state index in [-0.39, 0.29) is 12.2 Å². The van der Waals surface area contributed by atoms with Crippen molar-refractivity contribution in [3.63, 3.8) is 0 Å². The summed E-state index contributed by atoms with van der Waals surface area (Å²) in [6.07, 6.45) is 0.00582. The highest BCUT2D eigenvalue weighted by Crippen LogP contribution is 2.50. The van der Waals surface area contributed by atoms with Crippen LogP contribution in [0.2, 0.25) is 0 Å². The molecule has 0 radical (unpaired) electrons. The number of rotatable bonds is 6. The Morgan fingerprint density at radius 3 is 2.78 bits per heavy atom. The van der Waals surface area contributed by atoms with Crippen molar-refractivity contribution < 1.29 is 22.7 Å². The Morgan fingerprint density at radius 1 is 1.31 bits per heavy atom. The van der Waals surface area contributed by atoms with Crippen LogP contribution in [0.15, 0.2) is 30.6 Å². The van der Waals surface area contributed by atoms with E-state index in [4.69, 9.17) is 4.74 Å². The van der Waals surface area contributed by atoms with Gasteiger partial charge in [-0.25, -0.2) is 4.52 Å². The Hall–Kier alpha value is -3.08. The Bertz CT molecular complexity index is 1170. The molecule has 11 heteroatoms. The number of likely N-dealkylation sites (tertiary alicyclic amines) is 1. The second-order valence-corrected chi connectivity index (χ2v) is 8.51. The Kier molecular flexibility index (Phi) is 4.88. The lowest BCUT2D eigenvalue weighted by atomic mass is 10.1. The summed E-state index contributed by atoms with van der Waals surface area (Å²) < 4.78 is 47.5. The molecule has 2 fully saturated rings. The molecule has 1 aliphatic heterocycles. The fourth-order valence-corrected chi connectivity index (χ4v) is 4.09. The predicted octanol–water partition coefficient (Wildman–Crippen LogP) is 2.95. The number of carbonyl (C=O) groups excluding carboxylic acids is 1. The summed E-state index contributed by atoms with van der Waals surface area (Å²) in [4.78, 5) is 14.4. The lowest BCUT2D eigenvalue weighted by Gasteiger charge is -2.37. The van der Waals surface area contributed by atoms with E-state index in [1.165, 1.54) is 0 Å². The predicted molar refractivity (Wildman–Crippen MR) is 110 cm³/mol. The van der Waals surface area contributed by atoms with Gasteiger partial charge in [-0.2, -0.15) is 23.4 Å². The van der Waals surface area contributed by atoms with Crippen LogP contribution < -0.4 is 10.1 Å². The van der Waals surface area contributed by atoms with E-state index >= 15 is 0 Å². The minimum Gasteiger partial charge on any atom is -0.488 e. The van der Waals surface area contributed by atoms with Crippen molar-refractivity contribution >= 4 is 17.2 Å². The lowest BCUT2D eigenvalue weighted by molar-refractivity contribution is -0.153. The minimum absolute atomic E-state index is 0.174. The number of amides is 1. The highest BCUT2D eigenvalue weighted by molar-refractivity contribution is 5.94. The Labute approximate surface area is 181 Å². The molecule has 0 spiro atoms. The topological polar surface area (TPSA) is 76.7 Å². The molecule has 1 amide bonds. The number of hydrogen-bond donors (Lipinski definition) is 1. The zero-order chi connectivity index (χ0) is 22.6. The number of fused-ring (bicyclic) bond motifs is 1. The average molecular weight is 448 g/mol. The summed E-state index contributed by atoms with van der Waals surface area (Å²) in [6, 6.07) is 5.76. The number of nitrogens with one attached hydrogen (secondary N) is 1. The molecule has 5 rings (SSSR count). The van der Waals surface area contributed by atoms with E-state index in [1.54, 1.807) is 27.7 Å². The molecular formula is C21H23F3N6O2. The number of anilines is 1. The van der Waals surface area contributed by atoms with Gasteiger partial charge < -0.3 is 10.1 Å². The van der Waals surface area contributed by atoms with Gasteiger partial charge in [0, 0.05) is 30.9 Å². The molecule has 1 N–H and O–H groups in total. The van der Waals surface area contributed by atoms with E-state index in [0.29, 0.717) is 23.9 Å². The summed E-state index contributed by atoms with van der Waals surface area (Å²) in [5.74, 6) is -2.36. The van der Waals surface area contributed by atoms with Gasteiger partial charge in [0.25, 0.3) is 0 Å². The molecule has 3 aromatic rings. The second kappa shape index (κ2) is 7.51. The SMILES string of the molecule is CN1CC[C@@H]1COc1cnn(C)c1-c1ccn2nc(NC(=O)C3CC3C(F)(F)F)cc2c1. The molecule has 1 aliphatic carbocycles. The number of likely N-dealkylation sites (N-methyl/N-ethyl adjacent to an activating group) is 1. The lowest BCUT2D eigenvalue weighted by Crippen LogP contribution is -2.48. The van der Waals surface area contributed by atoms with Gasteiger partial charge in [-0.1, -0.05) is 0 Å². The minimum atomic E-state index is -4.34. The number of halogens is 3. The summed E-state index contributed by atoms with van der Waals surface area (Å²) in [6.45, 7) is 1.66. The number of carbonyl (C=O) groups is 1. The van der Waals surface area contributed by atoms with E-state index in [0.717, 1.165) is 24.2 Å². The number of aryl methyl sites for hydroxylation is 1. The molecule has 2 unspecified atom stereocenters. The van der Waals surface area contributed by atoms with Crippen LogP contribution in [-0.4, -0.2) is 62.6 Å². The molecule has 1 saturated heterocycles. The van der Waals surface area contributed by atoms with Gasteiger partial charge in [-0.05, 0) is 38.6 Å². The summed E-state index contributed by atoms with van der Waals surface area (Å²) in [5.41, 5.74) is 2.35. The number of nitrogens with zero attached hydrogens (tertiary/aromatic N) is 5. The van der Waals surface area contributed by atoms with E-state index in [9.17, 15) is 18.0 Å². The van der Waals surface area contributed by atoms with Crippen LogP contribution in [0.1, 0.15) is 12.8 Å². The number of alkyl halides is 3. The van der Waals surface area contributed by atoms with Crippen LogP contribution >= 0.6 is 0 Å². The summed E-state index contributed by atoms with van der Waals surface area (Å²) in [7, 11) is 3.90. The van der Waals surface area contributed by atoms with Gasteiger partial charge in [0.05, 0.1) is 23.5 Å². The highest BCUT2D eigenvalue weighted by Gasteiger charge is 2.58. The third kappa shape index (κ3) is 3.81. The molecule has 2 aliphatic rings. The van der Waals surface area contributed by atoms with Gasteiger partial charge in [-0.3, -0.25) is 14.4 Å². The fourth-order valence-electron chi connectivity index (χ4n) is 4.09. The summed E-state index contributed by atoms with van der Waals surface area (Å²) in [5, 5.41) is 11.1. The number of hydrogen-bond acceptors (Lipinski definition) is 5. The van der Waals surface area contributed by atoms with Crippen molar-refractivity contribution in [3.8, 4) is 17.0 Å². The molecular weight excluding hydrogens is 425 g/mol. The van der Waals surface area contributed by atoms with Crippen LogP contribution in [0.25, 0.3) is 16.8 Å². The quantitative estimate of drug-likeness (QED) is 0.628. The zero-order valence-corrected chi connectivity index (χ0v) is 17.6. The first-order valence-corrected chi connectivity index (χ1v) is 10.4. The van der Waals surface area contributed by atoms with Gasteiger partial charge in [0.2, 0.25) is 5.91 Å². The molecule has 32 heavy (non-hydrogen) atoms. The molecule has 0 bridgehead atoms. The van der Waals surface area contributed by atoms with Crippen molar-refractivity contribution in [3.05, 3.63) is 30.6 Å². The van der Waals surface area contributed by atoms with Crippen LogP contribution in [0.5, 0.6) is 5.75 Å². The molecule has 8 nitrogen and oxygen atoms in total. The van der Waals surface area contributed by atoms with Gasteiger partial charge in [0.15, 0.2) is 11.6 Å². The smallest absolute Gasteiger partial charge is 0.392 e. The molecule has 3 atom stereocenters. The molecule has 3 aromatic heterocycles. The first-order chi connectivity index (χ1) is 15.2. The van der Waals surface area contributed by atoms with Gasteiger partial charge in [0.1, 0.15) is 12.3 Å². The number of aromatic nitrogens is 4. The standard InChI is InChI=1S/C21H23F3N6O2/c1-28-5-4-13(28)11-32-17-10-25-29(2)19(17)12-3-6-30-14(7-12)8-18(27-30)26-20(31)15-9-16(15)21(22,23)24/h3,6-8,10,13,15-16H,4-5,9,11H2,1-2H3,(H,26,27,31)/t13-,15?,16?/m1/s1. The number of pyridine rings is 1. The normalized spacial score (nSPS) is 23.2. The zero-order valence-electron chi connectivity index (χ0n) is 17.6. The third-order valence-corrected chi connectivity index (χ3v) is 6.31. The van der Waals surface area contributed by atoms with Crippen molar-refractivity contribution in [2.75, 3.05) is 25.5 Å². The van der Waals surface area contributed by atoms with E-state index in [1.807, 2.05) is 19.2 Å². The van der Waals surface area contributed by atoms with E-state index < -0.39 is 23.9 Å². The van der Waals surface area contributed by atoms with Crippen molar-refractivity contribution in [1.29, 1.82) is 0 Å². The Balaban J connectivity index is 1.33. The maximum Gasteiger partial charge on any atom is 0.392 e. The average Bonchev–Trinajstić information content (AvgIpc) is 3.35. The van der Waals surface area contributed by atoms with E-state index in [2.05, 4.69) is 27.5 Å².